The summed E-state index contributed by atoms with van der Waals surface area (Å²) in [7, 11) is -3.44. The fourth-order valence-electron chi connectivity index (χ4n) is 8.88. The van der Waals surface area contributed by atoms with Gasteiger partial charge in [0.25, 0.3) is 5.56 Å². The molecule has 2 aliphatic carbocycles. The van der Waals surface area contributed by atoms with Gasteiger partial charge >= 0.3 is 7.60 Å². The minimum Gasteiger partial charge on any atom is -0.306 e. The van der Waals surface area contributed by atoms with Crippen LogP contribution in [0.4, 0.5) is 0 Å². The first-order chi connectivity index (χ1) is 19.4. The van der Waals surface area contributed by atoms with Gasteiger partial charge in [-0.15, -0.1) is 0 Å². The van der Waals surface area contributed by atoms with Crippen molar-refractivity contribution < 1.29 is 13.6 Å². The van der Waals surface area contributed by atoms with Crippen molar-refractivity contribution in [2.75, 3.05) is 13.2 Å². The summed E-state index contributed by atoms with van der Waals surface area (Å²) in [4.78, 5) is 21.7. The molecule has 2 saturated heterocycles. The minimum atomic E-state index is -3.44. The number of rotatable bonds is 8. The highest BCUT2D eigenvalue weighted by molar-refractivity contribution is 7.57. The Bertz CT molecular complexity index is 1300. The number of aromatic nitrogens is 2. The summed E-state index contributed by atoms with van der Waals surface area (Å²) in [5.41, 5.74) is 1.85. The van der Waals surface area contributed by atoms with Crippen molar-refractivity contribution in [1.29, 1.82) is 0 Å². The molecule has 0 unspecified atom stereocenters. The molecule has 0 amide bonds. The smallest absolute Gasteiger partial charge is 0.306 e. The predicted octanol–water partition coefficient (Wildman–Crippen LogP) is 7.41. The van der Waals surface area contributed by atoms with Crippen molar-refractivity contribution >= 4 is 24.7 Å². The van der Waals surface area contributed by atoms with Gasteiger partial charge in [-0.3, -0.25) is 14.3 Å². The summed E-state index contributed by atoms with van der Waals surface area (Å²) in [6, 6.07) is 9.85. The van der Waals surface area contributed by atoms with Gasteiger partial charge in [-0.2, -0.15) is 0 Å². The molecule has 2 aromatic rings. The van der Waals surface area contributed by atoms with E-state index in [4.69, 9.17) is 9.05 Å². The third-order valence-corrected chi connectivity index (χ3v) is 11.7. The first-order valence-corrected chi connectivity index (χ1v) is 17.3. The zero-order chi connectivity index (χ0) is 27.9. The topological polar surface area (TPSA) is 73.7 Å². The lowest BCUT2D eigenvalue weighted by Crippen LogP contribution is -2.58. The zero-order valence-corrected chi connectivity index (χ0v) is 25.3. The van der Waals surface area contributed by atoms with Crippen LogP contribution in [0.1, 0.15) is 96.7 Å². The van der Waals surface area contributed by atoms with Gasteiger partial charge in [0.1, 0.15) is 5.69 Å². The van der Waals surface area contributed by atoms with Crippen LogP contribution in [-0.2, 0) is 13.6 Å². The Morgan fingerprint density at radius 2 is 1.55 bits per heavy atom. The SMILES string of the molecule is CCOP(=O)(/C=C/c1nc2ccccc2n(C2C[C@@H]3CCC[C@@H](C2)N3C2C[C@@H]3CC(C)C[C@@H](C2)C3)c1=O)OCC. The molecule has 8 heteroatoms. The molecule has 4 fully saturated rings. The summed E-state index contributed by atoms with van der Waals surface area (Å²) in [5, 5.41) is 0. The normalized spacial score (nSPS) is 33.0. The molecule has 0 spiro atoms. The van der Waals surface area contributed by atoms with E-state index in [-0.39, 0.29) is 24.8 Å². The Morgan fingerprint density at radius 3 is 2.20 bits per heavy atom. The summed E-state index contributed by atoms with van der Waals surface area (Å²) in [6.07, 6.45) is 14.3. The first-order valence-electron chi connectivity index (χ1n) is 15.7. The van der Waals surface area contributed by atoms with Gasteiger partial charge in [0, 0.05) is 30.0 Å². The molecule has 4 atom stereocenters. The van der Waals surface area contributed by atoms with Gasteiger partial charge in [-0.1, -0.05) is 25.5 Å². The van der Waals surface area contributed by atoms with E-state index in [9.17, 15) is 9.36 Å². The molecule has 0 N–H and O–H groups in total. The second kappa shape index (κ2) is 11.8. The third kappa shape index (κ3) is 5.64. The van der Waals surface area contributed by atoms with Gasteiger partial charge in [0.05, 0.1) is 24.2 Å². The lowest BCUT2D eigenvalue weighted by atomic mass is 9.65. The van der Waals surface area contributed by atoms with Crippen LogP contribution in [0.25, 0.3) is 17.1 Å². The van der Waals surface area contributed by atoms with Crippen LogP contribution in [0.5, 0.6) is 0 Å². The lowest BCUT2D eigenvalue weighted by molar-refractivity contribution is -0.0524. The Balaban J connectivity index is 1.31. The van der Waals surface area contributed by atoms with Crippen molar-refractivity contribution in [1.82, 2.24) is 14.5 Å². The summed E-state index contributed by atoms with van der Waals surface area (Å²) >= 11 is 0. The summed E-state index contributed by atoms with van der Waals surface area (Å²) in [5.74, 6) is 4.09. The maximum absolute atomic E-state index is 14.0. The van der Waals surface area contributed by atoms with E-state index < -0.39 is 7.60 Å². The van der Waals surface area contributed by atoms with Gasteiger partial charge in [-0.05, 0) is 108 Å². The average molecular weight is 568 g/mol. The highest BCUT2D eigenvalue weighted by Gasteiger charge is 2.46. The van der Waals surface area contributed by atoms with Gasteiger partial charge < -0.3 is 13.6 Å². The average Bonchev–Trinajstić information content (AvgIpc) is 2.91. The van der Waals surface area contributed by atoms with Crippen LogP contribution in [0.3, 0.4) is 0 Å². The number of hydrogen-bond donors (Lipinski definition) is 0. The molecule has 7 nitrogen and oxygen atoms in total. The van der Waals surface area contributed by atoms with Gasteiger partial charge in [0.2, 0.25) is 0 Å². The number of piperidine rings is 2. The maximum atomic E-state index is 14.0. The molecule has 0 radical (unpaired) electrons. The van der Waals surface area contributed by atoms with E-state index in [0.29, 0.717) is 23.8 Å². The number of para-hydroxylation sites is 2. The second-order valence-corrected chi connectivity index (χ2v) is 14.7. The summed E-state index contributed by atoms with van der Waals surface area (Å²) in [6.45, 7) is 6.54. The fraction of sp³-hybridized carbons (Fsp3) is 0.688. The van der Waals surface area contributed by atoms with Crippen LogP contribution < -0.4 is 5.56 Å². The lowest BCUT2D eigenvalue weighted by Gasteiger charge is -2.55. The Morgan fingerprint density at radius 1 is 0.900 bits per heavy atom. The van der Waals surface area contributed by atoms with Crippen molar-refractivity contribution in [2.24, 2.45) is 17.8 Å². The predicted molar refractivity (Wildman–Crippen MR) is 160 cm³/mol. The van der Waals surface area contributed by atoms with E-state index >= 15 is 0 Å². The zero-order valence-electron chi connectivity index (χ0n) is 24.4. The number of benzene rings is 1. The number of hydrogen-bond acceptors (Lipinski definition) is 6. The number of fused-ring (bicyclic) bond motifs is 5. The van der Waals surface area contributed by atoms with E-state index in [1.807, 2.05) is 28.8 Å². The van der Waals surface area contributed by atoms with Crippen molar-refractivity contribution in [2.45, 2.75) is 109 Å². The molecule has 4 aliphatic rings. The van der Waals surface area contributed by atoms with Crippen LogP contribution in [0.15, 0.2) is 34.9 Å². The van der Waals surface area contributed by atoms with Gasteiger partial charge in [0.15, 0.2) is 0 Å². The molecule has 40 heavy (non-hydrogen) atoms. The first kappa shape index (κ1) is 28.3. The number of nitrogens with zero attached hydrogens (tertiary/aromatic N) is 3. The van der Waals surface area contributed by atoms with Crippen LogP contribution in [0.2, 0.25) is 0 Å². The van der Waals surface area contributed by atoms with Crippen LogP contribution in [-0.4, -0.2) is 45.8 Å². The highest BCUT2D eigenvalue weighted by Crippen LogP contribution is 2.50. The Labute approximate surface area is 238 Å². The van der Waals surface area contributed by atoms with E-state index in [1.165, 1.54) is 57.2 Å². The van der Waals surface area contributed by atoms with E-state index in [0.717, 1.165) is 41.6 Å². The monoisotopic (exact) mass is 567 g/mol. The van der Waals surface area contributed by atoms with E-state index in [2.05, 4.69) is 16.8 Å². The molecule has 6 rings (SSSR count). The highest BCUT2D eigenvalue weighted by atomic mass is 31.2. The molecule has 218 valence electrons. The fourth-order valence-corrected chi connectivity index (χ4v) is 10.2. The van der Waals surface area contributed by atoms with Crippen LogP contribution in [0, 0.1) is 17.8 Å². The summed E-state index contributed by atoms with van der Waals surface area (Å²) < 4.78 is 25.9. The second-order valence-electron chi connectivity index (χ2n) is 12.8. The maximum Gasteiger partial charge on any atom is 0.354 e. The van der Waals surface area contributed by atoms with Crippen molar-refractivity contribution in [3.05, 3.63) is 46.1 Å². The van der Waals surface area contributed by atoms with Crippen LogP contribution >= 0.6 is 7.60 Å². The minimum absolute atomic E-state index is 0.118. The molecular weight excluding hydrogens is 521 g/mol. The standard InChI is InChI=1S/C32H46N3O4P/c1-4-38-40(37,39-5-2)14-13-30-32(36)35(31-12-7-6-11-29(31)33-30)28-20-25-9-8-10-26(21-28)34(25)27-18-23-15-22(3)16-24(17-23)19-27/h6-7,11-14,22-28H,4-5,8-10,15-21H2,1-3H3/b14-13+/t22?,23-,24-,25+,26+,27?/m1/s1. The molecule has 3 heterocycles. The van der Waals surface area contributed by atoms with Gasteiger partial charge in [-0.25, -0.2) is 4.98 Å². The van der Waals surface area contributed by atoms with E-state index in [1.54, 1.807) is 19.9 Å². The third-order valence-electron chi connectivity index (χ3n) is 10.00. The van der Waals surface area contributed by atoms with Crippen molar-refractivity contribution in [3.63, 3.8) is 0 Å². The molecule has 2 aliphatic heterocycles. The molecule has 1 aromatic carbocycles. The Kier molecular flexibility index (Phi) is 8.38. The molecule has 1 aromatic heterocycles. The molecular formula is C32H46N3O4P. The molecule has 2 saturated carbocycles. The quantitative estimate of drug-likeness (QED) is 0.309. The largest absolute Gasteiger partial charge is 0.354 e. The Hall–Kier alpha value is -1.79. The van der Waals surface area contributed by atoms with Crippen molar-refractivity contribution in [3.8, 4) is 0 Å². The molecule has 4 bridgehead atoms.